The first-order valence-corrected chi connectivity index (χ1v) is 29.8. The fourth-order valence-electron chi connectivity index (χ4n) is 9.62. The molecule has 3 aromatic carbocycles. The molecule has 0 bridgehead atoms. The number of carbonyl (C=O) groups is 8. The largest absolute Gasteiger partial charge is 0.478 e. The topological polar surface area (TPSA) is 412 Å². The minimum absolute atomic E-state index is 0.00443. The third-order valence-corrected chi connectivity index (χ3v) is 17.2. The fourth-order valence-corrected chi connectivity index (χ4v) is 12.5. The lowest BCUT2D eigenvalue weighted by atomic mass is 9.88. The number of hydrogen-bond acceptors (Lipinski definition) is 19. The van der Waals surface area contributed by atoms with Crippen LogP contribution in [0.4, 0.5) is 0 Å². The fraction of sp³-hybridized carbons (Fsp3) is 0.317. The lowest BCUT2D eigenvalue weighted by Gasteiger charge is -2.23. The van der Waals surface area contributed by atoms with E-state index in [0.717, 1.165) is 22.8 Å². The van der Waals surface area contributed by atoms with Crippen molar-refractivity contribution in [3.63, 3.8) is 0 Å². The van der Waals surface area contributed by atoms with Crippen LogP contribution < -0.4 is 48.6 Å². The van der Waals surface area contributed by atoms with E-state index in [4.69, 9.17) is 23.8 Å². The molecule has 1 fully saturated rings. The first-order chi connectivity index (χ1) is 42.9. The van der Waals surface area contributed by atoms with Gasteiger partial charge in [-0.25, -0.2) is 24.8 Å². The number of aromatic nitrogens is 4. The van der Waals surface area contributed by atoms with Gasteiger partial charge in [0.15, 0.2) is 7.14 Å². The molecule has 6 aromatic rings. The van der Waals surface area contributed by atoms with Gasteiger partial charge in [-0.1, -0.05) is 73.5 Å². The van der Waals surface area contributed by atoms with Crippen LogP contribution in [0, 0.1) is 0 Å². The molecule has 10 N–H and O–H groups in total. The molecule has 28 nitrogen and oxygen atoms in total. The number of nitrogens with zero attached hydrogens (tertiary/aromatic N) is 2. The summed E-state index contributed by atoms with van der Waals surface area (Å²) < 4.78 is 38.9. The van der Waals surface area contributed by atoms with E-state index in [1.807, 2.05) is 0 Å². The molecule has 3 atom stereocenters. The average Bonchev–Trinajstić information content (AvgIpc) is 1.77. The highest BCUT2D eigenvalue weighted by Crippen LogP contribution is 2.44. The number of carboxylic acids is 2. The number of fused-ring (bicyclic) bond motifs is 3. The van der Waals surface area contributed by atoms with Crippen molar-refractivity contribution in [2.75, 3.05) is 72.5 Å². The van der Waals surface area contributed by atoms with E-state index < -0.39 is 113 Å². The molecule has 3 unspecified atom stereocenters. The summed E-state index contributed by atoms with van der Waals surface area (Å²) in [7, 11) is -3.79. The quantitative estimate of drug-likeness (QED) is 0.00934. The second kappa shape index (κ2) is 31.0. The van der Waals surface area contributed by atoms with Crippen LogP contribution in [0.3, 0.4) is 0 Å². The number of aromatic carboxylic acids is 2. The molecule has 4 heterocycles. The van der Waals surface area contributed by atoms with Gasteiger partial charge in [-0.05, 0) is 49.2 Å². The van der Waals surface area contributed by atoms with Crippen molar-refractivity contribution in [3.05, 3.63) is 169 Å². The average molecular weight is 1250 g/mol. The Hall–Kier alpha value is -9.38. The van der Waals surface area contributed by atoms with Crippen LogP contribution in [0.5, 0.6) is 0 Å². The Balaban J connectivity index is 0.745. The van der Waals surface area contributed by atoms with Crippen LogP contribution in [0.2, 0.25) is 0 Å². The summed E-state index contributed by atoms with van der Waals surface area (Å²) in [6.07, 6.45) is 3.47. The van der Waals surface area contributed by atoms with E-state index in [1.54, 1.807) is 60.7 Å². The highest BCUT2D eigenvalue weighted by molar-refractivity contribution is 7.85. The summed E-state index contributed by atoms with van der Waals surface area (Å²) in [6, 6.07) is 23.6. The number of rotatable bonds is 32. The monoisotopic (exact) mass is 1250 g/mol. The zero-order valence-electron chi connectivity index (χ0n) is 47.6. The Morgan fingerprint density at radius 2 is 1.33 bits per heavy atom. The molecule has 2 aliphatic rings. The third kappa shape index (κ3) is 16.2. The zero-order chi connectivity index (χ0) is 63.6. The van der Waals surface area contributed by atoms with Crippen molar-refractivity contribution >= 4 is 76.3 Å². The predicted octanol–water partition coefficient (Wildman–Crippen LogP) is 1.24. The van der Waals surface area contributed by atoms with Crippen molar-refractivity contribution in [3.8, 4) is 11.3 Å². The van der Waals surface area contributed by atoms with Crippen molar-refractivity contribution in [1.29, 1.82) is 0 Å². The minimum atomic E-state index is -3.79. The number of nitrogens with one attached hydrogen (secondary N) is 6. The lowest BCUT2D eigenvalue weighted by Crippen LogP contribution is -2.35. The number of aliphatic hydroxyl groups is 2. The van der Waals surface area contributed by atoms with Gasteiger partial charge in [-0.2, -0.15) is 0 Å². The third-order valence-electron chi connectivity index (χ3n) is 14.1. The maximum absolute atomic E-state index is 15.6. The normalized spacial score (nSPS) is 15.3. The van der Waals surface area contributed by atoms with Gasteiger partial charge in [0.05, 0.1) is 86.9 Å². The van der Waals surface area contributed by atoms with Crippen molar-refractivity contribution < 1.29 is 87.1 Å². The van der Waals surface area contributed by atoms with Crippen LogP contribution in [-0.2, 0) is 33.1 Å². The number of ether oxygens (including phenoxy) is 4. The van der Waals surface area contributed by atoms with Crippen molar-refractivity contribution in [1.82, 2.24) is 40.9 Å². The number of H-pyrrole nitrogens is 2. The zero-order valence-corrected chi connectivity index (χ0v) is 48.5. The van der Waals surface area contributed by atoms with Crippen LogP contribution in [0.1, 0.15) is 117 Å². The number of benzene rings is 3. The maximum Gasteiger partial charge on any atom is 0.352 e. The second-order valence-corrected chi connectivity index (χ2v) is 22.8. The molecule has 468 valence electrons. The molecule has 3 aromatic heterocycles. The van der Waals surface area contributed by atoms with E-state index in [-0.39, 0.29) is 98.0 Å². The first kappa shape index (κ1) is 65.6. The van der Waals surface area contributed by atoms with Crippen molar-refractivity contribution in [2.45, 2.75) is 50.5 Å². The van der Waals surface area contributed by atoms with E-state index in [0.29, 0.717) is 49.4 Å². The number of carbonyl (C=O) groups excluding carboxylic acids is 6. The summed E-state index contributed by atoms with van der Waals surface area (Å²) in [6.45, 7) is 0.706. The Bertz CT molecular complexity index is 3770. The molecular formula is C60H63N8O20P. The van der Waals surface area contributed by atoms with Crippen LogP contribution in [0.15, 0.2) is 113 Å². The summed E-state index contributed by atoms with van der Waals surface area (Å²) >= 11 is 0. The number of unbranched alkanes of at least 4 members (excludes halogenated alkanes) is 3. The van der Waals surface area contributed by atoms with Gasteiger partial charge < -0.3 is 64.9 Å². The molecule has 1 aliphatic heterocycles. The second-order valence-electron chi connectivity index (χ2n) is 20.1. The Morgan fingerprint density at radius 1 is 0.697 bits per heavy atom. The molecule has 89 heavy (non-hydrogen) atoms. The molecule has 8 rings (SSSR count). The molecule has 4 amide bonds. The van der Waals surface area contributed by atoms with Gasteiger partial charge >= 0.3 is 17.6 Å². The summed E-state index contributed by atoms with van der Waals surface area (Å²) in [5.41, 5.74) is -2.32. The minimum Gasteiger partial charge on any atom is -0.478 e. The highest BCUT2D eigenvalue weighted by Gasteiger charge is 2.39. The lowest BCUT2D eigenvalue weighted by molar-refractivity contribution is -0.116. The molecule has 0 spiro atoms. The van der Waals surface area contributed by atoms with Gasteiger partial charge in [-0.3, -0.25) is 48.0 Å². The van der Waals surface area contributed by atoms with E-state index in [2.05, 4.69) is 36.4 Å². The maximum atomic E-state index is 15.6. The van der Waals surface area contributed by atoms with E-state index in [1.165, 1.54) is 30.5 Å². The molecule has 0 radical (unpaired) electrons. The van der Waals surface area contributed by atoms with Gasteiger partial charge in [0, 0.05) is 65.4 Å². The SMILES string of the molecule is O=C(C=Cc1cn(C2CC(O)C(CO)O2)c(=O)[nH]c1=O)NCCCCCCNC(=O)c1ccc(C(=O)NCCOCCOCCOCCONC(=O)c2cc(C(=O)O)c3c(n2)C(=O)C(=O)c2cc(C(=O)O)[nH]c2-3)c(P(=O)(c2ccccc2)c2ccccc2)c1. The van der Waals surface area contributed by atoms with E-state index >= 15 is 4.57 Å². The number of amides is 4. The Labute approximate surface area is 505 Å². The predicted molar refractivity (Wildman–Crippen MR) is 316 cm³/mol. The number of hydrogen-bond donors (Lipinski definition) is 10. The number of pyridine rings is 1. The van der Waals surface area contributed by atoms with E-state index in [9.17, 15) is 68.4 Å². The molecule has 0 saturated carbocycles. The van der Waals surface area contributed by atoms with Crippen molar-refractivity contribution in [2.24, 2.45) is 0 Å². The van der Waals surface area contributed by atoms with Gasteiger partial charge in [0.1, 0.15) is 29.4 Å². The Morgan fingerprint density at radius 3 is 1.96 bits per heavy atom. The summed E-state index contributed by atoms with van der Waals surface area (Å²) in [5.74, 6) is -7.91. The molecule has 1 aliphatic carbocycles. The summed E-state index contributed by atoms with van der Waals surface area (Å²) in [4.78, 5) is 141. The molecular weight excluding hydrogens is 1180 g/mol. The molecule has 29 heteroatoms. The van der Waals surface area contributed by atoms with Crippen LogP contribution in [0.25, 0.3) is 17.3 Å². The highest BCUT2D eigenvalue weighted by atomic mass is 31.2. The molecule has 1 saturated heterocycles. The van der Waals surface area contributed by atoms with Gasteiger partial charge in [0.2, 0.25) is 11.7 Å². The van der Waals surface area contributed by atoms with Gasteiger partial charge in [-0.15, -0.1) is 0 Å². The summed E-state index contributed by atoms with van der Waals surface area (Å²) in [5, 5.41) is 48.2. The number of Topliss-reactive ketones (excluding diaryl/α,β-unsaturated/α-hetero) is 2. The number of hydroxylamine groups is 1. The number of aromatic amines is 2. The number of aliphatic hydroxyl groups excluding tert-OH is 2. The number of carboxylic acid groups (broad SMARTS) is 2. The standard InChI is InChI=1S/C60H63N8O20P/c69-34-45-44(70)32-48(88-45)68-33-36(55(75)66-60(68)82)16-18-47(71)61-19-9-1-2-10-20-62-54(74)35-15-17-39(46(29-35)89(83,37-11-5-3-6-12-37)38-13-7-4-8-14-38)56(76)63-21-22-84-23-24-85-25-26-86-27-28-87-67-57(77)42-30-40(58(78)79)49-50-41(31-43(65-50)59(80)81)52(72)53(73)51(49)64-42/h3-8,11-18,29-31,33,44-45,48,65,69-70H,1-2,9-10,19-28,32,34H2,(H,61,71)(H,62,74)(H,63,76)(H,67,77)(H,78,79)(H,80,81)(H,66,75,82). The number of ketones is 2. The first-order valence-electron chi connectivity index (χ1n) is 28.1. The smallest absolute Gasteiger partial charge is 0.352 e. The van der Waals surface area contributed by atoms with Crippen LogP contribution in [-0.4, -0.2) is 172 Å². The van der Waals surface area contributed by atoms with Crippen LogP contribution >= 0.6 is 7.14 Å². The van der Waals surface area contributed by atoms with Gasteiger partial charge in [0.25, 0.3) is 29.1 Å². The Kier molecular flexibility index (Phi) is 22.8.